The molecule has 20 heteroatoms. The van der Waals surface area contributed by atoms with Crippen LogP contribution in [0.2, 0.25) is 0 Å². The lowest BCUT2D eigenvalue weighted by Crippen LogP contribution is -2.69. The monoisotopic (exact) mass is 540 g/mol. The molecule has 0 unspecified atom stereocenters. The Kier molecular flexibility index (Phi) is 8.03. The molecule has 192 valence electrons. The molecule has 0 aliphatic carbocycles. The third kappa shape index (κ3) is 5.04. The zero-order valence-corrected chi connectivity index (χ0v) is 15.8. The van der Waals surface area contributed by atoms with E-state index in [0.29, 0.717) is 12.1 Å². The second-order valence-electron chi connectivity index (χ2n) is 6.35. The Morgan fingerprint density at radius 2 is 1.09 bits per heavy atom. The highest BCUT2D eigenvalue weighted by Crippen LogP contribution is 2.59. The fourth-order valence-corrected chi connectivity index (χ4v) is 2.84. The number of sulfone groups is 1. The van der Waals surface area contributed by atoms with Crippen LogP contribution in [-0.4, -0.2) is 55.7 Å². The van der Waals surface area contributed by atoms with E-state index in [1.54, 1.807) is 0 Å². The molecule has 0 fully saturated rings. The number of hydrogen-bond donors (Lipinski definition) is 0. The summed E-state index contributed by atoms with van der Waals surface area (Å²) in [5.74, 6) is -40.1. The first-order chi connectivity index (χ1) is 14.2. The summed E-state index contributed by atoms with van der Waals surface area (Å²) in [6, 6.07) is 0.699. The summed E-state index contributed by atoms with van der Waals surface area (Å²) in [6.07, 6.45) is -11.4. The molecule has 0 aliphatic heterocycles. The molecular weight excluding hydrogens is 533 g/mol. The Morgan fingerprint density at radius 1 is 0.697 bits per heavy atom. The van der Waals surface area contributed by atoms with Gasteiger partial charge in [-0.05, 0) is 6.42 Å². The Hall–Kier alpha value is -2.12. The third-order valence-electron chi connectivity index (χ3n) is 4.04. The van der Waals surface area contributed by atoms with Gasteiger partial charge in [0.05, 0.1) is 17.9 Å². The zero-order chi connectivity index (χ0) is 27.1. The molecule has 0 spiro atoms. The summed E-state index contributed by atoms with van der Waals surface area (Å²) in [5, 5.41) is 17.4. The lowest BCUT2D eigenvalue weighted by atomic mass is 9.79. The van der Waals surface area contributed by atoms with Crippen LogP contribution in [-0.2, 0) is 9.84 Å². The molecule has 0 rings (SSSR count). The fraction of sp³-hybridized carbons (Fsp3) is 0.846. The SMILES string of the molecule is N#CC(C#N)(CCS(=O)(=O)C(F)(F)F)CC(F)(F)C(F)(F)C(F)(F)C(F)(F)C(F)(F)C(F)F. The number of halogens is 15. The minimum absolute atomic E-state index is 0.349. The van der Waals surface area contributed by atoms with Gasteiger partial charge in [-0.2, -0.15) is 67.6 Å². The Bertz CT molecular complexity index is 898. The van der Waals surface area contributed by atoms with Gasteiger partial charge in [0.1, 0.15) is 0 Å². The van der Waals surface area contributed by atoms with Crippen molar-refractivity contribution in [3.05, 3.63) is 0 Å². The van der Waals surface area contributed by atoms with Gasteiger partial charge in [-0.15, -0.1) is 0 Å². The van der Waals surface area contributed by atoms with Gasteiger partial charge in [-0.1, -0.05) is 0 Å². The van der Waals surface area contributed by atoms with E-state index in [1.165, 1.54) is 0 Å². The topological polar surface area (TPSA) is 81.7 Å². The number of nitriles is 2. The highest BCUT2D eigenvalue weighted by atomic mass is 32.2. The van der Waals surface area contributed by atoms with Crippen molar-refractivity contribution < 1.29 is 74.3 Å². The Balaban J connectivity index is 6.39. The summed E-state index contributed by atoms with van der Waals surface area (Å²) >= 11 is 0. The number of nitrogens with zero attached hydrogens (tertiary/aromatic N) is 2. The Morgan fingerprint density at radius 3 is 1.39 bits per heavy atom. The van der Waals surface area contributed by atoms with Gasteiger partial charge in [0.2, 0.25) is 9.84 Å². The predicted molar refractivity (Wildman–Crippen MR) is 73.5 cm³/mol. The average molecular weight is 540 g/mol. The summed E-state index contributed by atoms with van der Waals surface area (Å²) in [4.78, 5) is 0. The van der Waals surface area contributed by atoms with Crippen LogP contribution in [0.25, 0.3) is 0 Å². The van der Waals surface area contributed by atoms with E-state index < -0.39 is 75.4 Å². The molecule has 0 heterocycles. The minimum atomic E-state index is -7.99. The van der Waals surface area contributed by atoms with Crippen molar-refractivity contribution in [2.24, 2.45) is 5.41 Å². The second-order valence-corrected chi connectivity index (χ2v) is 8.45. The van der Waals surface area contributed by atoms with Crippen molar-refractivity contribution in [1.29, 1.82) is 10.5 Å². The second kappa shape index (κ2) is 8.58. The first-order valence-corrected chi connectivity index (χ1v) is 9.17. The van der Waals surface area contributed by atoms with Crippen LogP contribution in [0.1, 0.15) is 12.8 Å². The summed E-state index contributed by atoms with van der Waals surface area (Å²) in [6.45, 7) is 0. The molecular formula is C13H7F15N2O2S. The van der Waals surface area contributed by atoms with E-state index in [4.69, 9.17) is 10.5 Å². The highest BCUT2D eigenvalue weighted by Gasteiger charge is 2.88. The quantitative estimate of drug-likeness (QED) is 0.358. The molecule has 33 heavy (non-hydrogen) atoms. The van der Waals surface area contributed by atoms with Crippen LogP contribution in [0, 0.1) is 28.1 Å². The molecule has 0 aliphatic rings. The van der Waals surface area contributed by atoms with Crippen molar-refractivity contribution in [2.45, 2.75) is 54.4 Å². The molecule has 0 aromatic heterocycles. The lowest BCUT2D eigenvalue weighted by molar-refractivity contribution is -0.414. The number of rotatable bonds is 10. The molecule has 0 aromatic carbocycles. The van der Waals surface area contributed by atoms with Crippen LogP contribution in [0.4, 0.5) is 65.9 Å². The normalized spacial score (nSPS) is 15.3. The molecule has 0 saturated carbocycles. The van der Waals surface area contributed by atoms with Gasteiger partial charge in [0, 0.05) is 6.42 Å². The van der Waals surface area contributed by atoms with E-state index >= 15 is 0 Å². The first kappa shape index (κ1) is 30.9. The van der Waals surface area contributed by atoms with E-state index in [-0.39, 0.29) is 0 Å². The van der Waals surface area contributed by atoms with Crippen molar-refractivity contribution in [2.75, 3.05) is 5.75 Å². The van der Waals surface area contributed by atoms with E-state index in [9.17, 15) is 74.3 Å². The van der Waals surface area contributed by atoms with Gasteiger partial charge in [-0.3, -0.25) is 0 Å². The highest BCUT2D eigenvalue weighted by molar-refractivity contribution is 7.92. The van der Waals surface area contributed by atoms with Gasteiger partial charge in [0.25, 0.3) is 0 Å². The van der Waals surface area contributed by atoms with Crippen LogP contribution in [0.15, 0.2) is 0 Å². The van der Waals surface area contributed by atoms with Gasteiger partial charge in [-0.25, -0.2) is 17.2 Å². The molecule has 0 aromatic rings. The van der Waals surface area contributed by atoms with Crippen molar-refractivity contribution in [1.82, 2.24) is 0 Å². The summed E-state index contributed by atoms with van der Waals surface area (Å²) in [5.41, 5.74) is -10.1. The van der Waals surface area contributed by atoms with E-state index in [1.807, 2.05) is 0 Å². The molecule has 0 saturated heterocycles. The molecule has 0 atom stereocenters. The van der Waals surface area contributed by atoms with Crippen LogP contribution in [0.3, 0.4) is 0 Å². The minimum Gasteiger partial charge on any atom is -0.220 e. The average Bonchev–Trinajstić information content (AvgIpc) is 2.63. The van der Waals surface area contributed by atoms with Crippen molar-refractivity contribution in [3.8, 4) is 12.1 Å². The van der Waals surface area contributed by atoms with Gasteiger partial charge in [0.15, 0.2) is 5.41 Å². The first-order valence-electron chi connectivity index (χ1n) is 7.52. The largest absolute Gasteiger partial charge is 0.497 e. The molecule has 0 amide bonds. The molecule has 4 nitrogen and oxygen atoms in total. The molecule has 0 bridgehead atoms. The fourth-order valence-electron chi connectivity index (χ4n) is 1.99. The van der Waals surface area contributed by atoms with Crippen molar-refractivity contribution in [3.63, 3.8) is 0 Å². The molecule has 0 N–H and O–H groups in total. The van der Waals surface area contributed by atoms with Crippen LogP contribution in [0.5, 0.6) is 0 Å². The van der Waals surface area contributed by atoms with Gasteiger partial charge < -0.3 is 0 Å². The summed E-state index contributed by atoms with van der Waals surface area (Å²) in [7, 11) is -6.31. The maximum absolute atomic E-state index is 13.9. The van der Waals surface area contributed by atoms with E-state index in [2.05, 4.69) is 0 Å². The number of alkyl halides is 15. The maximum Gasteiger partial charge on any atom is 0.497 e. The van der Waals surface area contributed by atoms with Gasteiger partial charge >= 0.3 is 41.5 Å². The Labute approximate surface area is 173 Å². The lowest BCUT2D eigenvalue weighted by Gasteiger charge is -2.40. The molecule has 0 radical (unpaired) electrons. The number of hydrogen-bond acceptors (Lipinski definition) is 4. The maximum atomic E-state index is 13.9. The van der Waals surface area contributed by atoms with Crippen LogP contribution < -0.4 is 0 Å². The third-order valence-corrected chi connectivity index (χ3v) is 5.49. The zero-order valence-electron chi connectivity index (χ0n) is 15.0. The smallest absolute Gasteiger partial charge is 0.220 e. The van der Waals surface area contributed by atoms with Crippen molar-refractivity contribution >= 4 is 9.84 Å². The predicted octanol–water partition coefficient (Wildman–Crippen LogP) is 5.18. The van der Waals surface area contributed by atoms with E-state index in [0.717, 1.165) is 0 Å². The van der Waals surface area contributed by atoms with Crippen LogP contribution >= 0.6 is 0 Å². The standard InChI is InChI=1S/C13H7F15N2O2S/c14-6(15)9(18,19)11(22,23)12(24,25)10(20,21)8(16,17)3-7(4-29,5-30)1-2-33(31,32)13(26,27)28/h6H,1-3H2. The summed E-state index contributed by atoms with van der Waals surface area (Å²) < 4.78 is 216.